The number of hydrogen-bond acceptors (Lipinski definition) is 2. The molecular weight excluding hydrogens is 272 g/mol. The highest BCUT2D eigenvalue weighted by atomic mass is 16.2. The molecule has 0 aliphatic carbocycles. The number of piperidine rings is 1. The van der Waals surface area contributed by atoms with Gasteiger partial charge in [-0.15, -0.1) is 0 Å². The standard InChI is InChI=1S/C19H30N2O/c1-16(2)15-20-11-8-19(22)21-12-9-18(10-13-21)14-17-6-4-3-5-7-17/h3-7,16,18,20H,8-15H2,1-2H3. The van der Waals surface area contributed by atoms with E-state index in [1.165, 1.54) is 5.56 Å². The van der Waals surface area contributed by atoms with Crippen molar-refractivity contribution >= 4 is 5.91 Å². The van der Waals surface area contributed by atoms with Crippen LogP contribution in [0.25, 0.3) is 0 Å². The lowest BCUT2D eigenvalue weighted by Crippen LogP contribution is -2.40. The minimum atomic E-state index is 0.314. The molecule has 1 amide bonds. The van der Waals surface area contributed by atoms with Crippen molar-refractivity contribution in [1.29, 1.82) is 0 Å². The molecule has 0 bridgehead atoms. The van der Waals surface area contributed by atoms with Crippen LogP contribution < -0.4 is 5.32 Å². The van der Waals surface area contributed by atoms with Crippen LogP contribution in [-0.2, 0) is 11.2 Å². The van der Waals surface area contributed by atoms with E-state index < -0.39 is 0 Å². The first kappa shape index (κ1) is 17.0. The van der Waals surface area contributed by atoms with Gasteiger partial charge in [-0.3, -0.25) is 4.79 Å². The van der Waals surface area contributed by atoms with Gasteiger partial charge in [-0.25, -0.2) is 0 Å². The molecular formula is C19H30N2O. The van der Waals surface area contributed by atoms with Crippen molar-refractivity contribution in [1.82, 2.24) is 10.2 Å². The van der Waals surface area contributed by atoms with Gasteiger partial charge >= 0.3 is 0 Å². The predicted octanol–water partition coefficient (Wildman–Crippen LogP) is 3.10. The van der Waals surface area contributed by atoms with Gasteiger partial charge in [0.1, 0.15) is 0 Å². The molecule has 0 radical (unpaired) electrons. The van der Waals surface area contributed by atoms with Gasteiger partial charge in [0.15, 0.2) is 0 Å². The van der Waals surface area contributed by atoms with Crippen LogP contribution in [0.5, 0.6) is 0 Å². The molecule has 0 spiro atoms. The largest absolute Gasteiger partial charge is 0.343 e. The summed E-state index contributed by atoms with van der Waals surface area (Å²) in [6.07, 6.45) is 4.06. The van der Waals surface area contributed by atoms with E-state index in [4.69, 9.17) is 0 Å². The first-order valence-electron chi connectivity index (χ1n) is 8.67. The molecule has 2 rings (SSSR count). The van der Waals surface area contributed by atoms with E-state index in [1.807, 2.05) is 0 Å². The number of benzene rings is 1. The SMILES string of the molecule is CC(C)CNCCC(=O)N1CCC(Cc2ccccc2)CC1. The Balaban J connectivity index is 1.65. The van der Waals surface area contributed by atoms with E-state index in [0.717, 1.165) is 51.4 Å². The van der Waals surface area contributed by atoms with E-state index in [2.05, 4.69) is 54.4 Å². The predicted molar refractivity (Wildman–Crippen MR) is 91.8 cm³/mol. The summed E-state index contributed by atoms with van der Waals surface area (Å²) in [7, 11) is 0. The van der Waals surface area contributed by atoms with Gasteiger partial charge in [0.2, 0.25) is 5.91 Å². The van der Waals surface area contributed by atoms with E-state index in [-0.39, 0.29) is 0 Å². The summed E-state index contributed by atoms with van der Waals surface area (Å²) in [5, 5.41) is 3.35. The second-order valence-electron chi connectivity index (χ2n) is 6.86. The molecule has 1 aromatic rings. The smallest absolute Gasteiger partial charge is 0.223 e. The van der Waals surface area contributed by atoms with E-state index in [0.29, 0.717) is 18.2 Å². The molecule has 3 nitrogen and oxygen atoms in total. The Bertz CT molecular complexity index is 436. The lowest BCUT2D eigenvalue weighted by molar-refractivity contribution is -0.132. The summed E-state index contributed by atoms with van der Waals surface area (Å²) < 4.78 is 0. The number of carbonyl (C=O) groups is 1. The van der Waals surface area contributed by atoms with Crippen molar-refractivity contribution in [3.63, 3.8) is 0 Å². The van der Waals surface area contributed by atoms with E-state index in [9.17, 15) is 4.79 Å². The fourth-order valence-corrected chi connectivity index (χ4v) is 3.08. The highest BCUT2D eigenvalue weighted by molar-refractivity contribution is 5.76. The Morgan fingerprint density at radius 2 is 1.91 bits per heavy atom. The molecule has 0 saturated carbocycles. The normalized spacial score (nSPS) is 16.2. The molecule has 0 atom stereocenters. The molecule has 3 heteroatoms. The number of amides is 1. The summed E-state index contributed by atoms with van der Waals surface area (Å²) in [6, 6.07) is 10.7. The first-order chi connectivity index (χ1) is 10.6. The molecule has 0 unspecified atom stereocenters. The lowest BCUT2D eigenvalue weighted by atomic mass is 9.90. The summed E-state index contributed by atoms with van der Waals surface area (Å²) in [4.78, 5) is 14.2. The number of rotatable bonds is 7. The van der Waals surface area contributed by atoms with Crippen molar-refractivity contribution in [2.45, 2.75) is 39.5 Å². The Labute approximate surface area is 135 Å². The quantitative estimate of drug-likeness (QED) is 0.785. The molecule has 1 fully saturated rings. The fraction of sp³-hybridized carbons (Fsp3) is 0.632. The third-order valence-electron chi connectivity index (χ3n) is 4.40. The highest BCUT2D eigenvalue weighted by Crippen LogP contribution is 2.21. The van der Waals surface area contributed by atoms with Crippen LogP contribution in [0.2, 0.25) is 0 Å². The summed E-state index contributed by atoms with van der Waals surface area (Å²) >= 11 is 0. The van der Waals surface area contributed by atoms with Gasteiger partial charge in [-0.05, 0) is 43.2 Å². The molecule has 0 aromatic heterocycles. The second kappa shape index (κ2) is 8.94. The molecule has 1 N–H and O–H groups in total. The van der Waals surface area contributed by atoms with Crippen molar-refractivity contribution < 1.29 is 4.79 Å². The van der Waals surface area contributed by atoms with Gasteiger partial charge in [0, 0.05) is 26.1 Å². The number of nitrogens with zero attached hydrogens (tertiary/aromatic N) is 1. The second-order valence-corrected chi connectivity index (χ2v) is 6.86. The first-order valence-corrected chi connectivity index (χ1v) is 8.67. The molecule has 122 valence electrons. The third-order valence-corrected chi connectivity index (χ3v) is 4.40. The van der Waals surface area contributed by atoms with Crippen molar-refractivity contribution in [2.75, 3.05) is 26.2 Å². The van der Waals surface area contributed by atoms with Gasteiger partial charge in [-0.1, -0.05) is 44.2 Å². The van der Waals surface area contributed by atoms with Crippen LogP contribution in [0.1, 0.15) is 38.7 Å². The maximum absolute atomic E-state index is 12.2. The maximum Gasteiger partial charge on any atom is 0.223 e. The number of hydrogen-bond donors (Lipinski definition) is 1. The fourth-order valence-electron chi connectivity index (χ4n) is 3.08. The van der Waals surface area contributed by atoms with E-state index >= 15 is 0 Å². The summed E-state index contributed by atoms with van der Waals surface area (Å²) in [6.45, 7) is 8.03. The zero-order valence-corrected chi connectivity index (χ0v) is 14.1. The van der Waals surface area contributed by atoms with Crippen LogP contribution in [-0.4, -0.2) is 37.0 Å². The molecule has 1 aliphatic rings. The average molecular weight is 302 g/mol. The van der Waals surface area contributed by atoms with Gasteiger partial charge in [-0.2, -0.15) is 0 Å². The van der Waals surface area contributed by atoms with Crippen molar-refractivity contribution in [2.24, 2.45) is 11.8 Å². The minimum Gasteiger partial charge on any atom is -0.343 e. The molecule has 1 aromatic carbocycles. The minimum absolute atomic E-state index is 0.314. The van der Waals surface area contributed by atoms with Gasteiger partial charge in [0.05, 0.1) is 0 Å². The van der Waals surface area contributed by atoms with Gasteiger partial charge < -0.3 is 10.2 Å². The molecule has 1 aliphatic heterocycles. The zero-order chi connectivity index (χ0) is 15.8. The Hall–Kier alpha value is -1.35. The lowest BCUT2D eigenvalue weighted by Gasteiger charge is -2.32. The highest BCUT2D eigenvalue weighted by Gasteiger charge is 2.22. The Morgan fingerprint density at radius 1 is 1.23 bits per heavy atom. The number of likely N-dealkylation sites (tertiary alicyclic amines) is 1. The zero-order valence-electron chi connectivity index (χ0n) is 14.1. The Morgan fingerprint density at radius 3 is 2.55 bits per heavy atom. The monoisotopic (exact) mass is 302 g/mol. The van der Waals surface area contributed by atoms with Crippen molar-refractivity contribution in [3.05, 3.63) is 35.9 Å². The number of carbonyl (C=O) groups excluding carboxylic acids is 1. The Kier molecular flexibility index (Phi) is 6.91. The summed E-state index contributed by atoms with van der Waals surface area (Å²) in [5.74, 6) is 1.68. The van der Waals surface area contributed by atoms with Crippen molar-refractivity contribution in [3.8, 4) is 0 Å². The van der Waals surface area contributed by atoms with Gasteiger partial charge in [0.25, 0.3) is 0 Å². The van der Waals surface area contributed by atoms with Crippen LogP contribution in [0.4, 0.5) is 0 Å². The van der Waals surface area contributed by atoms with Crippen LogP contribution in [0.15, 0.2) is 30.3 Å². The van der Waals surface area contributed by atoms with Crippen LogP contribution in [0, 0.1) is 11.8 Å². The van der Waals surface area contributed by atoms with Crippen LogP contribution >= 0.6 is 0 Å². The molecule has 1 saturated heterocycles. The topological polar surface area (TPSA) is 32.3 Å². The average Bonchev–Trinajstić information content (AvgIpc) is 2.53. The third kappa shape index (κ3) is 5.80. The molecule has 1 heterocycles. The summed E-state index contributed by atoms with van der Waals surface area (Å²) in [5.41, 5.74) is 1.42. The van der Waals surface area contributed by atoms with E-state index in [1.54, 1.807) is 0 Å². The molecule has 22 heavy (non-hydrogen) atoms. The number of nitrogens with one attached hydrogen (secondary N) is 1. The maximum atomic E-state index is 12.2. The van der Waals surface area contributed by atoms with Crippen LogP contribution in [0.3, 0.4) is 0 Å².